The van der Waals surface area contributed by atoms with E-state index in [4.69, 9.17) is 5.11 Å². The molecule has 0 saturated heterocycles. The highest BCUT2D eigenvalue weighted by atomic mass is 16.4. The second-order valence-corrected chi connectivity index (χ2v) is 2.74. The molecule has 0 aromatic rings. The van der Waals surface area contributed by atoms with E-state index in [2.05, 4.69) is 6.58 Å². The van der Waals surface area contributed by atoms with Gasteiger partial charge in [0.15, 0.2) is 0 Å². The number of carboxylic acid groups (broad SMARTS) is 1. The second-order valence-electron chi connectivity index (χ2n) is 2.74. The summed E-state index contributed by atoms with van der Waals surface area (Å²) in [5, 5.41) is 27.1. The topological polar surface area (TPSA) is 81.0 Å². The molecule has 3 atom stereocenters. The van der Waals surface area contributed by atoms with Crippen LogP contribution in [0.5, 0.6) is 0 Å². The molecule has 0 aliphatic carbocycles. The number of hydrogen-bond acceptors (Lipinski definition) is 4. The van der Waals surface area contributed by atoms with Crippen molar-refractivity contribution >= 4 is 5.97 Å². The Morgan fingerprint density at radius 1 is 1.46 bits per heavy atom. The fourth-order valence-electron chi connectivity index (χ4n) is 1.02. The van der Waals surface area contributed by atoms with E-state index in [9.17, 15) is 15.0 Å². The summed E-state index contributed by atoms with van der Waals surface area (Å²) < 4.78 is 0. The third-order valence-electron chi connectivity index (χ3n) is 1.75. The first-order valence-corrected chi connectivity index (χ1v) is 3.90. The van der Waals surface area contributed by atoms with Crippen molar-refractivity contribution < 1.29 is 20.1 Å². The maximum absolute atomic E-state index is 10.6. The van der Waals surface area contributed by atoms with Crippen molar-refractivity contribution in [1.82, 2.24) is 4.90 Å². The van der Waals surface area contributed by atoms with Gasteiger partial charge in [-0.15, -0.1) is 0 Å². The van der Waals surface area contributed by atoms with Crippen LogP contribution in [0.2, 0.25) is 0 Å². The van der Waals surface area contributed by atoms with Crippen LogP contribution in [0.4, 0.5) is 0 Å². The maximum Gasteiger partial charge on any atom is 0.320 e. The lowest BCUT2D eigenvalue weighted by Gasteiger charge is -2.31. The minimum atomic E-state index is -1.16. The summed E-state index contributed by atoms with van der Waals surface area (Å²) in [7, 11) is 0. The van der Waals surface area contributed by atoms with E-state index in [1.54, 1.807) is 0 Å². The van der Waals surface area contributed by atoms with Gasteiger partial charge in [-0.2, -0.15) is 0 Å². The quantitative estimate of drug-likeness (QED) is 0.405. The van der Waals surface area contributed by atoms with Gasteiger partial charge in [-0.3, -0.25) is 4.79 Å². The van der Waals surface area contributed by atoms with Crippen molar-refractivity contribution in [2.45, 2.75) is 32.3 Å². The minimum Gasteiger partial charge on any atom is -0.480 e. The van der Waals surface area contributed by atoms with Gasteiger partial charge in [0.25, 0.3) is 0 Å². The molecule has 5 nitrogen and oxygen atoms in total. The molecular formula is C8H15NO4. The Bertz CT molecular complexity index is 193. The molecule has 0 spiro atoms. The van der Waals surface area contributed by atoms with Gasteiger partial charge in [-0.25, -0.2) is 4.90 Å². The average Bonchev–Trinajstić information content (AvgIpc) is 2.03. The smallest absolute Gasteiger partial charge is 0.320 e. The highest BCUT2D eigenvalue weighted by molar-refractivity contribution is 5.72. The van der Waals surface area contributed by atoms with Crippen molar-refractivity contribution in [2.24, 2.45) is 0 Å². The van der Waals surface area contributed by atoms with Crippen molar-refractivity contribution in [1.29, 1.82) is 0 Å². The number of aliphatic carboxylic acids is 1. The van der Waals surface area contributed by atoms with Crippen LogP contribution < -0.4 is 0 Å². The van der Waals surface area contributed by atoms with E-state index in [1.807, 2.05) is 0 Å². The maximum atomic E-state index is 10.6. The van der Waals surface area contributed by atoms with E-state index in [0.717, 1.165) is 11.0 Å². The third kappa shape index (κ3) is 3.14. The van der Waals surface area contributed by atoms with Crippen LogP contribution in [0.25, 0.3) is 0 Å². The van der Waals surface area contributed by atoms with E-state index in [1.165, 1.54) is 13.8 Å². The van der Waals surface area contributed by atoms with Gasteiger partial charge in [-0.1, -0.05) is 6.58 Å². The molecule has 5 heteroatoms. The lowest BCUT2D eigenvalue weighted by atomic mass is 10.2. The van der Waals surface area contributed by atoms with Crippen LogP contribution in [0, 0.1) is 0 Å². The van der Waals surface area contributed by atoms with Gasteiger partial charge in [-0.05, 0) is 19.9 Å². The van der Waals surface area contributed by atoms with Gasteiger partial charge < -0.3 is 15.3 Å². The number of aliphatic hydroxyl groups is 2. The Balaban J connectivity index is 4.59. The molecule has 0 aliphatic heterocycles. The number of nitrogens with zero attached hydrogens (tertiary/aromatic N) is 1. The Hall–Kier alpha value is -0.910. The first-order chi connectivity index (χ1) is 5.91. The van der Waals surface area contributed by atoms with Gasteiger partial charge >= 0.3 is 5.97 Å². The van der Waals surface area contributed by atoms with E-state index in [0.29, 0.717) is 0 Å². The summed E-state index contributed by atoms with van der Waals surface area (Å²) in [4.78, 5) is 11.6. The fourth-order valence-corrected chi connectivity index (χ4v) is 1.02. The minimum absolute atomic E-state index is 0.965. The van der Waals surface area contributed by atoms with Gasteiger partial charge in [0.2, 0.25) is 0 Å². The summed E-state index contributed by atoms with van der Waals surface area (Å²) >= 11 is 0. The number of rotatable bonds is 5. The normalized spacial score (nSPS) is 17.9. The zero-order valence-electron chi connectivity index (χ0n) is 7.71. The first kappa shape index (κ1) is 12.1. The van der Waals surface area contributed by atoms with E-state index >= 15 is 0 Å². The molecule has 0 heterocycles. The molecule has 13 heavy (non-hydrogen) atoms. The van der Waals surface area contributed by atoms with Crippen LogP contribution >= 0.6 is 0 Å². The standard InChI is InChI=1S/C8H15NO4/c1-4-7(11)9(6(3)10)5(2)8(12)13/h4-7,10-11H,1H2,2-3H3,(H,12,13). The molecule has 0 aromatic carbocycles. The Labute approximate surface area is 76.9 Å². The van der Waals surface area contributed by atoms with E-state index < -0.39 is 24.5 Å². The molecule has 0 saturated carbocycles. The highest BCUT2D eigenvalue weighted by Crippen LogP contribution is 2.08. The summed E-state index contributed by atoms with van der Waals surface area (Å²) in [5.41, 5.74) is 0. The number of aliphatic hydroxyl groups excluding tert-OH is 2. The van der Waals surface area contributed by atoms with Crippen molar-refractivity contribution in [3.8, 4) is 0 Å². The van der Waals surface area contributed by atoms with E-state index in [-0.39, 0.29) is 0 Å². The molecule has 76 valence electrons. The van der Waals surface area contributed by atoms with Crippen molar-refractivity contribution in [3.63, 3.8) is 0 Å². The average molecular weight is 189 g/mol. The van der Waals surface area contributed by atoms with Gasteiger partial charge in [0.05, 0.1) is 0 Å². The number of hydrogen-bond donors (Lipinski definition) is 3. The lowest BCUT2D eigenvalue weighted by molar-refractivity contribution is -0.156. The van der Waals surface area contributed by atoms with Crippen LogP contribution in [0.15, 0.2) is 12.7 Å². The fraction of sp³-hybridized carbons (Fsp3) is 0.625. The second kappa shape index (κ2) is 4.96. The number of carboxylic acids is 1. The third-order valence-corrected chi connectivity index (χ3v) is 1.75. The van der Waals surface area contributed by atoms with Gasteiger partial charge in [0, 0.05) is 0 Å². The predicted molar refractivity (Wildman–Crippen MR) is 46.8 cm³/mol. The highest BCUT2D eigenvalue weighted by Gasteiger charge is 2.28. The monoisotopic (exact) mass is 189 g/mol. The molecular weight excluding hydrogens is 174 g/mol. The van der Waals surface area contributed by atoms with Crippen molar-refractivity contribution in [2.75, 3.05) is 0 Å². The molecule has 0 rings (SSSR count). The summed E-state index contributed by atoms with van der Waals surface area (Å²) in [6, 6.07) is -0.965. The molecule has 0 radical (unpaired) electrons. The van der Waals surface area contributed by atoms with Crippen LogP contribution in [-0.2, 0) is 4.79 Å². The predicted octanol–water partition coefficient (Wildman–Crippen LogP) is -0.396. The lowest BCUT2D eigenvalue weighted by Crippen LogP contribution is -2.49. The zero-order valence-corrected chi connectivity index (χ0v) is 7.71. The molecule has 0 amide bonds. The van der Waals surface area contributed by atoms with Crippen molar-refractivity contribution in [3.05, 3.63) is 12.7 Å². The molecule has 3 N–H and O–H groups in total. The number of carbonyl (C=O) groups is 1. The summed E-state index contributed by atoms with van der Waals surface area (Å²) in [6.45, 7) is 6.07. The van der Waals surface area contributed by atoms with Crippen LogP contribution in [0.1, 0.15) is 13.8 Å². The van der Waals surface area contributed by atoms with Crippen LogP contribution in [-0.4, -0.2) is 44.7 Å². The largest absolute Gasteiger partial charge is 0.480 e. The molecule has 0 aliphatic rings. The molecule has 0 fully saturated rings. The zero-order chi connectivity index (χ0) is 10.6. The summed E-state index contributed by atoms with van der Waals surface area (Å²) in [6.07, 6.45) is -1.04. The first-order valence-electron chi connectivity index (χ1n) is 3.90. The Kier molecular flexibility index (Phi) is 4.61. The van der Waals surface area contributed by atoms with Gasteiger partial charge in [0.1, 0.15) is 18.5 Å². The molecule has 3 unspecified atom stereocenters. The Morgan fingerprint density at radius 2 is 1.92 bits per heavy atom. The summed E-state index contributed by atoms with van der Waals surface area (Å²) in [5.74, 6) is -1.11. The Morgan fingerprint density at radius 3 is 2.15 bits per heavy atom. The van der Waals surface area contributed by atoms with Crippen LogP contribution in [0.3, 0.4) is 0 Å². The SMILES string of the molecule is C=CC(O)N(C(C)O)C(C)C(=O)O. The molecule has 0 aromatic heterocycles. The molecule has 0 bridgehead atoms.